The molecule has 13 heteroatoms. The first kappa shape index (κ1) is 35.7. The van der Waals surface area contributed by atoms with Crippen LogP contribution in [0.5, 0.6) is 0 Å². The Hall–Kier alpha value is -3.29. The van der Waals surface area contributed by atoms with E-state index in [0.29, 0.717) is 25.3 Å². The normalized spacial score (nSPS) is 10.5. The molecule has 4 aromatic rings. The number of alkyl halides is 2. The van der Waals surface area contributed by atoms with Gasteiger partial charge in [-0.3, -0.25) is 9.38 Å². The Balaban J connectivity index is 0.000000472. The molecule has 0 bridgehead atoms. The molecule has 0 spiro atoms. The highest BCUT2D eigenvalue weighted by Gasteiger charge is 2.23. The first-order chi connectivity index (χ1) is 19.8. The lowest BCUT2D eigenvalue weighted by atomic mass is 9.98. The molecule has 0 aliphatic carbocycles. The van der Waals surface area contributed by atoms with Gasteiger partial charge in [-0.05, 0) is 39.0 Å². The van der Waals surface area contributed by atoms with Crippen molar-refractivity contribution in [2.75, 3.05) is 31.3 Å². The van der Waals surface area contributed by atoms with E-state index in [1.807, 2.05) is 34.6 Å². The third kappa shape index (κ3) is 10.9. The van der Waals surface area contributed by atoms with Crippen LogP contribution in [0.4, 0.5) is 24.7 Å². The van der Waals surface area contributed by atoms with Gasteiger partial charge in [0.05, 0.1) is 29.3 Å². The summed E-state index contributed by atoms with van der Waals surface area (Å²) in [6.45, 7) is 14.6. The van der Waals surface area contributed by atoms with Crippen LogP contribution < -0.4 is 10.4 Å². The van der Waals surface area contributed by atoms with Crippen LogP contribution in [0, 0.1) is 5.82 Å². The number of halogens is 3. The number of hydrogen-bond donors (Lipinski definition) is 0. The zero-order chi connectivity index (χ0) is 30.8. The zero-order valence-corrected chi connectivity index (χ0v) is 24.9. The van der Waals surface area contributed by atoms with Crippen molar-refractivity contribution in [3.8, 4) is 0 Å². The minimum absolute atomic E-state index is 0.00806. The van der Waals surface area contributed by atoms with Gasteiger partial charge in [0.15, 0.2) is 0 Å². The van der Waals surface area contributed by atoms with E-state index in [2.05, 4.69) is 34.0 Å². The Kier molecular flexibility index (Phi) is 17.2. The predicted molar refractivity (Wildman–Crippen MR) is 157 cm³/mol. The summed E-state index contributed by atoms with van der Waals surface area (Å²) in [5.41, 5.74) is 0.965. The molecule has 0 N–H and O–H groups in total. The van der Waals surface area contributed by atoms with Crippen LogP contribution in [0.1, 0.15) is 54.9 Å². The average Bonchev–Trinajstić information content (AvgIpc) is 3.43. The van der Waals surface area contributed by atoms with Gasteiger partial charge >= 0.3 is 0 Å². The smallest absolute Gasteiger partial charge is 0.271 e. The van der Waals surface area contributed by atoms with Crippen molar-refractivity contribution in [3.63, 3.8) is 0 Å². The summed E-state index contributed by atoms with van der Waals surface area (Å²) in [5.74, 6) is -0.447. The molecular weight excluding hydrogens is 536 g/mol. The molecule has 0 saturated heterocycles. The summed E-state index contributed by atoms with van der Waals surface area (Å²) >= 11 is 0. The fraction of sp³-hybridized carbons (Fsp3) is 0.500. The molecule has 0 unspecified atom stereocenters. The lowest BCUT2D eigenvalue weighted by molar-refractivity contribution is -0.282. The van der Waals surface area contributed by atoms with Crippen LogP contribution in [0.2, 0.25) is 0 Å². The molecule has 0 aliphatic rings. The predicted octanol–water partition coefficient (Wildman–Crippen LogP) is 5.83. The van der Waals surface area contributed by atoms with E-state index in [1.54, 1.807) is 6.07 Å². The van der Waals surface area contributed by atoms with E-state index in [1.165, 1.54) is 52.6 Å². The van der Waals surface area contributed by atoms with Gasteiger partial charge in [-0.2, -0.15) is 4.98 Å². The van der Waals surface area contributed by atoms with Crippen molar-refractivity contribution in [2.24, 2.45) is 0 Å². The molecule has 3 aromatic heterocycles. The van der Waals surface area contributed by atoms with Gasteiger partial charge in [-0.25, -0.2) is 13.2 Å². The number of aromatic nitrogens is 5. The van der Waals surface area contributed by atoms with Gasteiger partial charge in [0.1, 0.15) is 25.8 Å². The molecule has 0 aliphatic heterocycles. The molecule has 41 heavy (non-hydrogen) atoms. The number of anilines is 2. The molecule has 1 aromatic carbocycles. The quantitative estimate of drug-likeness (QED) is 0.172. The number of fused-ring (bicyclic) bond motifs is 3. The maximum absolute atomic E-state index is 14.6. The molecule has 3 heterocycles. The fourth-order valence-corrected chi connectivity index (χ4v) is 3.35. The Labute approximate surface area is 241 Å². The molecule has 2 radical (unpaired) electrons. The van der Waals surface area contributed by atoms with Gasteiger partial charge in [-0.15, -0.1) is 10.2 Å². The molecule has 0 saturated carbocycles. The summed E-state index contributed by atoms with van der Waals surface area (Å²) in [6, 6.07) is 5.86. The second-order valence-corrected chi connectivity index (χ2v) is 7.91. The SMILES string of the molecule is CC.CCC.CCOC(OCC)OCC.[B]c1cncc(N(CC(F)F)c2nc3nncn3c3cccc(F)c23)c1. The monoisotopic (exact) mass is 576 g/mol. The zero-order valence-electron chi connectivity index (χ0n) is 24.9. The molecule has 0 amide bonds. The second kappa shape index (κ2) is 19.7. The van der Waals surface area contributed by atoms with E-state index in [9.17, 15) is 13.2 Å². The van der Waals surface area contributed by atoms with Crippen molar-refractivity contribution in [3.05, 3.63) is 48.8 Å². The van der Waals surface area contributed by atoms with Crippen molar-refractivity contribution < 1.29 is 27.4 Å². The first-order valence-corrected chi connectivity index (χ1v) is 13.7. The Morgan fingerprint density at radius 2 is 1.59 bits per heavy atom. The number of pyridine rings is 1. The van der Waals surface area contributed by atoms with Gasteiger partial charge in [-0.1, -0.05) is 45.6 Å². The summed E-state index contributed by atoms with van der Waals surface area (Å²) in [4.78, 5) is 9.36. The van der Waals surface area contributed by atoms with Crippen LogP contribution in [0.25, 0.3) is 16.7 Å². The van der Waals surface area contributed by atoms with Crippen LogP contribution in [-0.2, 0) is 14.2 Å². The lowest BCUT2D eigenvalue weighted by Crippen LogP contribution is -2.26. The third-order valence-corrected chi connectivity index (χ3v) is 4.75. The molecule has 224 valence electrons. The van der Waals surface area contributed by atoms with Crippen molar-refractivity contribution in [1.29, 1.82) is 0 Å². The average molecular weight is 576 g/mol. The van der Waals surface area contributed by atoms with E-state index in [0.717, 1.165) is 0 Å². The third-order valence-electron chi connectivity index (χ3n) is 4.75. The summed E-state index contributed by atoms with van der Waals surface area (Å²) in [5, 5.41) is 7.69. The van der Waals surface area contributed by atoms with E-state index in [4.69, 9.17) is 22.1 Å². The molecule has 0 fully saturated rings. The topological polar surface area (TPSA) is 86.9 Å². The van der Waals surface area contributed by atoms with Gasteiger partial charge in [0.25, 0.3) is 18.7 Å². The van der Waals surface area contributed by atoms with Crippen molar-refractivity contribution in [1.82, 2.24) is 24.6 Å². The number of ether oxygens (including phenoxy) is 3. The summed E-state index contributed by atoms with van der Waals surface area (Å²) in [6.07, 6.45) is 2.68. The Morgan fingerprint density at radius 1 is 0.976 bits per heavy atom. The fourth-order valence-electron chi connectivity index (χ4n) is 3.35. The molecule has 4 rings (SSSR count). The largest absolute Gasteiger partial charge is 0.330 e. The highest BCUT2D eigenvalue weighted by Crippen LogP contribution is 2.32. The maximum atomic E-state index is 14.6. The van der Waals surface area contributed by atoms with E-state index < -0.39 is 25.3 Å². The van der Waals surface area contributed by atoms with Crippen LogP contribution in [-0.4, -0.2) is 71.7 Å². The Morgan fingerprint density at radius 3 is 2.12 bits per heavy atom. The number of benzene rings is 1. The minimum atomic E-state index is -2.70. The summed E-state index contributed by atoms with van der Waals surface area (Å²) < 4.78 is 57.9. The van der Waals surface area contributed by atoms with E-state index in [-0.39, 0.29) is 28.1 Å². The second-order valence-electron chi connectivity index (χ2n) is 7.91. The molecule has 9 nitrogen and oxygen atoms in total. The van der Waals surface area contributed by atoms with E-state index >= 15 is 0 Å². The Bertz CT molecular complexity index is 1270. The van der Waals surface area contributed by atoms with Gasteiger partial charge < -0.3 is 19.1 Å². The van der Waals surface area contributed by atoms with Gasteiger partial charge in [0.2, 0.25) is 0 Å². The summed E-state index contributed by atoms with van der Waals surface area (Å²) in [7, 11) is 5.72. The van der Waals surface area contributed by atoms with Gasteiger partial charge in [0, 0.05) is 26.0 Å². The highest BCUT2D eigenvalue weighted by atomic mass is 19.3. The van der Waals surface area contributed by atoms with Crippen LogP contribution in [0.15, 0.2) is 43.0 Å². The van der Waals surface area contributed by atoms with Crippen LogP contribution >= 0.6 is 0 Å². The minimum Gasteiger partial charge on any atom is -0.330 e. The maximum Gasteiger partial charge on any atom is 0.271 e. The van der Waals surface area contributed by atoms with Crippen LogP contribution in [0.3, 0.4) is 0 Å². The van der Waals surface area contributed by atoms with Crippen molar-refractivity contribution in [2.45, 2.75) is 67.8 Å². The molecular formula is C28H40BF3N6O3. The number of rotatable bonds is 10. The highest BCUT2D eigenvalue weighted by molar-refractivity contribution is 6.32. The first-order valence-electron chi connectivity index (χ1n) is 13.7. The standard InChI is InChI=1S/C16H10BF3N6.C7H16O3.C3H8.C2H6/c17-9-4-10(6-21-5-9)25(7-13(19)20)15-14-11(18)2-1-3-12(14)26-8-22-24-16(26)23-15;1-4-8-7(9-5-2)10-6-3;1-3-2;1-2/h1-6,8,13H,7H2;7H,4-6H2,1-3H3;3H2,1-2H3;1-2H3. The molecule has 0 atom stereocenters. The number of hydrogen-bond acceptors (Lipinski definition) is 8. The number of nitrogens with zero attached hydrogens (tertiary/aromatic N) is 6. The lowest BCUT2D eigenvalue weighted by Gasteiger charge is -2.25. The van der Waals surface area contributed by atoms with Crippen molar-refractivity contribution >= 4 is 41.5 Å².